The molecule has 0 saturated carbocycles. The van der Waals surface area contributed by atoms with Gasteiger partial charge in [-0.2, -0.15) is 0 Å². The van der Waals surface area contributed by atoms with Gasteiger partial charge in [-0.05, 0) is 6.92 Å². The van der Waals surface area contributed by atoms with Crippen LogP contribution in [-0.2, 0) is 11.8 Å². The summed E-state index contributed by atoms with van der Waals surface area (Å²) in [6.45, 7) is 2.09. The highest BCUT2D eigenvalue weighted by molar-refractivity contribution is 7.96. The van der Waals surface area contributed by atoms with Crippen LogP contribution in [-0.4, -0.2) is 6.16 Å². The minimum Gasteiger partial charge on any atom is -0.0233 e. The first-order valence-corrected chi connectivity index (χ1v) is 3.60. The predicted molar refractivity (Wildman–Crippen MR) is 26.2 cm³/mol. The van der Waals surface area contributed by atoms with Gasteiger partial charge in [0.15, 0.2) is 19.2 Å². The van der Waals surface area contributed by atoms with Gasteiger partial charge in [0.25, 0.3) is 0 Å². The van der Waals surface area contributed by atoms with Gasteiger partial charge >= 0.3 is 0 Å². The Labute approximate surface area is 33.1 Å². The third-order valence-corrected chi connectivity index (χ3v) is 1.30. The van der Waals surface area contributed by atoms with E-state index < -0.39 is 0 Å². The lowest BCUT2D eigenvalue weighted by Gasteiger charge is -1.41. The maximum atomic E-state index is 4.58. The molecule has 1 atom stereocenters. The van der Waals surface area contributed by atoms with Crippen molar-refractivity contribution in [3.05, 3.63) is 0 Å². The van der Waals surface area contributed by atoms with Crippen molar-refractivity contribution in [2.24, 2.45) is 0 Å². The molecular formula is C2H6PS+. The molecule has 0 aromatic carbocycles. The smallest absolute Gasteiger partial charge is 0.0233 e. The molecule has 0 aliphatic heterocycles. The molecule has 0 radical (unpaired) electrons. The summed E-state index contributed by atoms with van der Waals surface area (Å²) in [5.74, 6) is 0. The minimum atomic E-state index is 0.724. The summed E-state index contributed by atoms with van der Waals surface area (Å²) in [4.78, 5) is 0. The molecule has 0 saturated heterocycles. The number of rotatable bonds is 1. The number of hydrogen-bond donors (Lipinski definition) is 0. The third kappa shape index (κ3) is 2.52. The largest absolute Gasteiger partial charge is 0.160 e. The van der Waals surface area contributed by atoms with Crippen LogP contribution in [0.3, 0.4) is 0 Å². The van der Waals surface area contributed by atoms with Crippen LogP contribution in [0.2, 0.25) is 0 Å². The molecule has 0 heterocycles. The number of hydrogen-bond acceptors (Lipinski definition) is 1. The molecule has 0 aliphatic rings. The normalized spacial score (nSPS) is 8.25. The first kappa shape index (κ1) is 4.52. The van der Waals surface area contributed by atoms with Crippen molar-refractivity contribution in [2.75, 3.05) is 6.16 Å². The van der Waals surface area contributed by atoms with Gasteiger partial charge in [-0.1, -0.05) is 0 Å². The zero-order valence-corrected chi connectivity index (χ0v) is 4.43. The molecular weight excluding hydrogens is 87.1 g/mol. The summed E-state index contributed by atoms with van der Waals surface area (Å²) >= 11 is 4.58. The van der Waals surface area contributed by atoms with Crippen LogP contribution in [0.25, 0.3) is 0 Å². The van der Waals surface area contributed by atoms with E-state index in [2.05, 4.69) is 18.7 Å². The zero-order chi connectivity index (χ0) is 3.41. The van der Waals surface area contributed by atoms with Gasteiger partial charge in [-0.25, -0.2) is 0 Å². The summed E-state index contributed by atoms with van der Waals surface area (Å²) in [5.41, 5.74) is 0. The summed E-state index contributed by atoms with van der Waals surface area (Å²) in [7, 11) is 0.724. The minimum absolute atomic E-state index is 0.724. The van der Waals surface area contributed by atoms with Crippen LogP contribution in [0.15, 0.2) is 0 Å². The average molecular weight is 93.1 g/mol. The van der Waals surface area contributed by atoms with Crippen molar-refractivity contribution in [2.45, 2.75) is 6.92 Å². The highest BCUT2D eigenvalue weighted by Gasteiger charge is 1.62. The van der Waals surface area contributed by atoms with Crippen LogP contribution in [0.5, 0.6) is 0 Å². The molecule has 0 nitrogen and oxygen atoms in total. The Balaban J connectivity index is 2.30. The van der Waals surface area contributed by atoms with Gasteiger partial charge in [0.1, 0.15) is 6.16 Å². The van der Waals surface area contributed by atoms with Gasteiger partial charge in [-0.15, -0.1) is 0 Å². The lowest BCUT2D eigenvalue weighted by molar-refractivity contribution is 1.53. The van der Waals surface area contributed by atoms with Gasteiger partial charge in [-0.3, -0.25) is 0 Å². The van der Waals surface area contributed by atoms with Crippen molar-refractivity contribution in [3.63, 3.8) is 0 Å². The SMILES string of the molecule is CC[PH+]=S. The second-order valence-electron chi connectivity index (χ2n) is 0.498. The maximum absolute atomic E-state index is 4.58. The van der Waals surface area contributed by atoms with Crippen molar-refractivity contribution < 1.29 is 0 Å². The monoisotopic (exact) mass is 93.0 g/mol. The Hall–Kier alpha value is 0.520. The lowest BCUT2D eigenvalue weighted by atomic mass is 11.0. The van der Waals surface area contributed by atoms with E-state index in [0.717, 1.165) is 13.5 Å². The molecule has 0 aliphatic carbocycles. The van der Waals surface area contributed by atoms with Crippen molar-refractivity contribution in [1.82, 2.24) is 0 Å². The summed E-state index contributed by atoms with van der Waals surface area (Å²) in [6, 6.07) is 0. The van der Waals surface area contributed by atoms with E-state index in [-0.39, 0.29) is 0 Å². The van der Waals surface area contributed by atoms with Gasteiger partial charge in [0.2, 0.25) is 0 Å². The van der Waals surface area contributed by atoms with Crippen LogP contribution in [0, 0.1) is 0 Å². The topological polar surface area (TPSA) is 0 Å². The van der Waals surface area contributed by atoms with Crippen molar-refractivity contribution in [1.29, 1.82) is 0 Å². The van der Waals surface area contributed by atoms with Gasteiger partial charge < -0.3 is 0 Å². The first-order valence-electron chi connectivity index (χ1n) is 1.26. The van der Waals surface area contributed by atoms with Gasteiger partial charge in [0.05, 0.1) is 0 Å². The Morgan fingerprint density at radius 1 is 2.00 bits per heavy atom. The highest BCUT2D eigenvalue weighted by atomic mass is 32.4. The van der Waals surface area contributed by atoms with Crippen LogP contribution < -0.4 is 0 Å². The Morgan fingerprint density at radius 3 is 2.25 bits per heavy atom. The predicted octanol–water partition coefficient (Wildman–Crippen LogP) is 1.15. The molecule has 0 N–H and O–H groups in total. The van der Waals surface area contributed by atoms with E-state index in [4.69, 9.17) is 0 Å². The van der Waals surface area contributed by atoms with E-state index in [1.807, 2.05) is 0 Å². The fourth-order valence-corrected chi connectivity index (χ4v) is 0. The standard InChI is InChI=1S/C2H5PS/c1-2-3-4/h2H2,1H3/p+1. The quantitative estimate of drug-likeness (QED) is 0.438. The average Bonchev–Trinajstić information content (AvgIpc) is 1.37. The molecule has 24 valence electrons. The summed E-state index contributed by atoms with van der Waals surface area (Å²) in [5, 5.41) is 0. The summed E-state index contributed by atoms with van der Waals surface area (Å²) in [6.07, 6.45) is 1.16. The van der Waals surface area contributed by atoms with Crippen LogP contribution in [0.4, 0.5) is 0 Å². The van der Waals surface area contributed by atoms with E-state index in [0.29, 0.717) is 0 Å². The van der Waals surface area contributed by atoms with Gasteiger partial charge in [0, 0.05) is 0 Å². The Bertz CT molecular complexity index is 20.0. The molecule has 2 heteroatoms. The van der Waals surface area contributed by atoms with Crippen LogP contribution >= 0.6 is 7.36 Å². The molecule has 0 bridgehead atoms. The fraction of sp³-hybridized carbons (Fsp3) is 1.00. The summed E-state index contributed by atoms with van der Waals surface area (Å²) < 4.78 is 0. The molecule has 1 unspecified atom stereocenters. The van der Waals surface area contributed by atoms with E-state index >= 15 is 0 Å². The molecule has 0 rings (SSSR count). The molecule has 0 aromatic rings. The fourth-order valence-electron chi connectivity index (χ4n) is 0. The molecule has 4 heavy (non-hydrogen) atoms. The third-order valence-electron chi connectivity index (χ3n) is 0.144. The molecule has 0 aromatic heterocycles. The van der Waals surface area contributed by atoms with Crippen molar-refractivity contribution >= 4 is 19.2 Å². The second-order valence-corrected chi connectivity index (χ2v) is 2.36. The van der Waals surface area contributed by atoms with Crippen LogP contribution in [0.1, 0.15) is 6.92 Å². The Morgan fingerprint density at radius 2 is 2.25 bits per heavy atom. The van der Waals surface area contributed by atoms with Crippen molar-refractivity contribution in [3.8, 4) is 0 Å². The Kier molecular flexibility index (Phi) is 3.98. The van der Waals surface area contributed by atoms with E-state index in [1.54, 1.807) is 0 Å². The van der Waals surface area contributed by atoms with E-state index in [9.17, 15) is 0 Å². The first-order chi connectivity index (χ1) is 1.91. The zero-order valence-electron chi connectivity index (χ0n) is 2.62. The van der Waals surface area contributed by atoms with E-state index in [1.165, 1.54) is 0 Å². The lowest BCUT2D eigenvalue weighted by Crippen LogP contribution is -1.39. The molecule has 0 amide bonds. The molecule has 0 fully saturated rings. The second kappa shape index (κ2) is 3.52. The maximum Gasteiger partial charge on any atom is 0.160 e. The highest BCUT2D eigenvalue weighted by Crippen LogP contribution is 1.83. The molecule has 0 spiro atoms.